The van der Waals surface area contributed by atoms with Crippen LogP contribution in [0.5, 0.6) is 0 Å². The van der Waals surface area contributed by atoms with Crippen LogP contribution >= 0.6 is 23.4 Å². The molecule has 0 aliphatic carbocycles. The van der Waals surface area contributed by atoms with Gasteiger partial charge in [-0.2, -0.15) is 0 Å². The number of nitrogens with zero attached hydrogens (tertiary/aromatic N) is 1. The van der Waals surface area contributed by atoms with Crippen molar-refractivity contribution < 1.29 is 18.8 Å². The van der Waals surface area contributed by atoms with E-state index in [0.717, 1.165) is 22.2 Å². The normalized spacial score (nSPS) is 15.1. The molecule has 0 bridgehead atoms. The molecular formula is C22H15ClN2O4S. The van der Waals surface area contributed by atoms with E-state index in [2.05, 4.69) is 5.32 Å². The van der Waals surface area contributed by atoms with E-state index in [-0.39, 0.29) is 11.4 Å². The average molecular weight is 439 g/mol. The smallest absolute Gasteiger partial charge is 0.294 e. The molecule has 1 fully saturated rings. The first-order valence-corrected chi connectivity index (χ1v) is 10.1. The van der Waals surface area contributed by atoms with Crippen molar-refractivity contribution >= 4 is 52.2 Å². The molecule has 3 aromatic rings. The second kappa shape index (κ2) is 8.61. The van der Waals surface area contributed by atoms with E-state index < -0.39 is 17.1 Å². The van der Waals surface area contributed by atoms with Gasteiger partial charge in [-0.25, -0.2) is 0 Å². The van der Waals surface area contributed by atoms with Crippen molar-refractivity contribution in [2.24, 2.45) is 0 Å². The van der Waals surface area contributed by atoms with Gasteiger partial charge in [0, 0.05) is 22.3 Å². The summed E-state index contributed by atoms with van der Waals surface area (Å²) in [5.41, 5.74) is 1.43. The Kier molecular flexibility index (Phi) is 5.74. The summed E-state index contributed by atoms with van der Waals surface area (Å²) >= 11 is 6.59. The molecule has 0 unspecified atom stereocenters. The van der Waals surface area contributed by atoms with Crippen LogP contribution in [-0.4, -0.2) is 28.5 Å². The van der Waals surface area contributed by atoms with Crippen molar-refractivity contribution in [2.75, 3.05) is 11.9 Å². The highest BCUT2D eigenvalue weighted by molar-refractivity contribution is 8.18. The number of thioether (sulfide) groups is 1. The van der Waals surface area contributed by atoms with Crippen LogP contribution in [-0.2, 0) is 9.59 Å². The fourth-order valence-corrected chi connectivity index (χ4v) is 3.78. The Morgan fingerprint density at radius 1 is 1.03 bits per heavy atom. The summed E-state index contributed by atoms with van der Waals surface area (Å²) in [5, 5.41) is 2.66. The number of carbonyl (C=O) groups excluding carboxylic acids is 3. The van der Waals surface area contributed by atoms with Crippen molar-refractivity contribution in [3.8, 4) is 11.3 Å². The Morgan fingerprint density at radius 3 is 2.50 bits per heavy atom. The predicted molar refractivity (Wildman–Crippen MR) is 117 cm³/mol. The quantitative estimate of drug-likeness (QED) is 0.548. The molecule has 0 saturated carbocycles. The molecule has 2 aromatic carbocycles. The van der Waals surface area contributed by atoms with Crippen molar-refractivity contribution in [3.63, 3.8) is 0 Å². The van der Waals surface area contributed by atoms with Gasteiger partial charge in [-0.05, 0) is 48.2 Å². The molecule has 4 rings (SSSR count). The fourth-order valence-electron chi connectivity index (χ4n) is 2.83. The summed E-state index contributed by atoms with van der Waals surface area (Å²) < 4.78 is 5.76. The molecule has 2 heterocycles. The number of amides is 3. The van der Waals surface area contributed by atoms with Crippen molar-refractivity contribution in [3.05, 3.63) is 82.4 Å². The Bertz CT molecular complexity index is 1140. The topological polar surface area (TPSA) is 79.6 Å². The second-order valence-corrected chi connectivity index (χ2v) is 7.82. The molecule has 150 valence electrons. The monoisotopic (exact) mass is 438 g/mol. The Morgan fingerprint density at radius 2 is 1.77 bits per heavy atom. The van der Waals surface area contributed by atoms with Gasteiger partial charge in [-0.15, -0.1) is 0 Å². The highest BCUT2D eigenvalue weighted by Crippen LogP contribution is 2.33. The largest absolute Gasteiger partial charge is 0.457 e. The highest BCUT2D eigenvalue weighted by atomic mass is 35.5. The minimum Gasteiger partial charge on any atom is -0.457 e. The van der Waals surface area contributed by atoms with Crippen LogP contribution < -0.4 is 5.32 Å². The Hall–Kier alpha value is -3.29. The lowest BCUT2D eigenvalue weighted by Gasteiger charge is -2.12. The van der Waals surface area contributed by atoms with Crippen LogP contribution in [0.3, 0.4) is 0 Å². The van der Waals surface area contributed by atoms with Crippen LogP contribution in [0.4, 0.5) is 10.5 Å². The molecule has 1 saturated heterocycles. The number of rotatable bonds is 5. The molecule has 0 spiro atoms. The lowest BCUT2D eigenvalue weighted by atomic mass is 10.2. The Labute approximate surface area is 181 Å². The molecule has 1 aromatic heterocycles. The highest BCUT2D eigenvalue weighted by Gasteiger charge is 2.36. The second-order valence-electron chi connectivity index (χ2n) is 6.39. The third kappa shape index (κ3) is 4.48. The first-order valence-electron chi connectivity index (χ1n) is 8.95. The number of halogens is 1. The minimum absolute atomic E-state index is 0.202. The molecule has 0 atom stereocenters. The maximum absolute atomic E-state index is 12.6. The van der Waals surface area contributed by atoms with E-state index in [0.29, 0.717) is 22.2 Å². The summed E-state index contributed by atoms with van der Waals surface area (Å²) in [5.74, 6) is 0.0903. The first-order chi connectivity index (χ1) is 14.5. The van der Waals surface area contributed by atoms with Gasteiger partial charge in [0.1, 0.15) is 18.1 Å². The molecule has 0 radical (unpaired) electrons. The van der Waals surface area contributed by atoms with Gasteiger partial charge in [0.15, 0.2) is 0 Å². The average Bonchev–Trinajstić information content (AvgIpc) is 3.31. The van der Waals surface area contributed by atoms with Crippen LogP contribution in [0, 0.1) is 0 Å². The van der Waals surface area contributed by atoms with Gasteiger partial charge < -0.3 is 9.73 Å². The van der Waals surface area contributed by atoms with Gasteiger partial charge in [0.2, 0.25) is 5.91 Å². The van der Waals surface area contributed by atoms with Gasteiger partial charge in [-0.1, -0.05) is 41.9 Å². The number of imide groups is 1. The first kappa shape index (κ1) is 20.0. The van der Waals surface area contributed by atoms with E-state index in [1.165, 1.54) is 6.08 Å². The number of carbonyl (C=O) groups is 3. The molecule has 3 amide bonds. The van der Waals surface area contributed by atoms with Gasteiger partial charge >= 0.3 is 0 Å². The summed E-state index contributed by atoms with van der Waals surface area (Å²) in [7, 11) is 0. The third-order valence-electron chi connectivity index (χ3n) is 4.26. The standard InChI is InChI=1S/C22H15ClN2O4S/c23-15-6-8-16(9-7-15)24-20(26)13-25-21(27)19(30-22(25)28)12-17-10-11-18(29-17)14-4-2-1-3-5-14/h1-12H,13H2,(H,24,26)/b19-12-. The molecule has 6 nitrogen and oxygen atoms in total. The van der Waals surface area contributed by atoms with Crippen molar-refractivity contribution in [1.82, 2.24) is 4.90 Å². The molecule has 1 aliphatic heterocycles. The van der Waals surface area contributed by atoms with Gasteiger partial charge in [0.25, 0.3) is 11.1 Å². The van der Waals surface area contributed by atoms with Crippen molar-refractivity contribution in [2.45, 2.75) is 0 Å². The summed E-state index contributed by atoms with van der Waals surface area (Å²) in [6.45, 7) is -0.377. The van der Waals surface area contributed by atoms with E-state index in [1.807, 2.05) is 30.3 Å². The summed E-state index contributed by atoms with van der Waals surface area (Å²) in [6.07, 6.45) is 1.51. The van der Waals surface area contributed by atoms with Gasteiger partial charge in [0.05, 0.1) is 4.91 Å². The maximum Gasteiger partial charge on any atom is 0.294 e. The number of nitrogens with one attached hydrogen (secondary N) is 1. The van der Waals surface area contributed by atoms with Crippen LogP contribution in [0.1, 0.15) is 5.76 Å². The zero-order chi connectivity index (χ0) is 21.1. The molecular weight excluding hydrogens is 424 g/mol. The number of hydrogen-bond donors (Lipinski definition) is 1. The van der Waals surface area contributed by atoms with E-state index in [1.54, 1.807) is 36.4 Å². The number of anilines is 1. The van der Waals surface area contributed by atoms with Crippen molar-refractivity contribution in [1.29, 1.82) is 0 Å². The van der Waals surface area contributed by atoms with Crippen LogP contribution in [0.15, 0.2) is 76.1 Å². The van der Waals surface area contributed by atoms with E-state index in [9.17, 15) is 14.4 Å². The SMILES string of the molecule is O=C(CN1C(=O)S/C(=C\c2ccc(-c3ccccc3)o2)C1=O)Nc1ccc(Cl)cc1. The maximum atomic E-state index is 12.6. The Balaban J connectivity index is 1.44. The lowest BCUT2D eigenvalue weighted by molar-refractivity contribution is -0.127. The van der Waals surface area contributed by atoms with Gasteiger partial charge in [-0.3, -0.25) is 19.3 Å². The molecule has 1 aliphatic rings. The zero-order valence-electron chi connectivity index (χ0n) is 15.5. The summed E-state index contributed by atoms with van der Waals surface area (Å²) in [4.78, 5) is 38.2. The number of furan rings is 1. The predicted octanol–water partition coefficient (Wildman–Crippen LogP) is 5.28. The molecule has 8 heteroatoms. The van der Waals surface area contributed by atoms with Crippen LogP contribution in [0.25, 0.3) is 17.4 Å². The third-order valence-corrected chi connectivity index (χ3v) is 5.42. The summed E-state index contributed by atoms with van der Waals surface area (Å²) in [6, 6.07) is 19.6. The minimum atomic E-state index is -0.533. The number of benzene rings is 2. The molecule has 30 heavy (non-hydrogen) atoms. The number of hydrogen-bond acceptors (Lipinski definition) is 5. The van der Waals surface area contributed by atoms with Crippen LogP contribution in [0.2, 0.25) is 5.02 Å². The van der Waals surface area contributed by atoms with E-state index in [4.69, 9.17) is 16.0 Å². The molecule has 1 N–H and O–H groups in total. The fraction of sp³-hybridized carbons (Fsp3) is 0.0455. The lowest BCUT2D eigenvalue weighted by Crippen LogP contribution is -2.36. The zero-order valence-corrected chi connectivity index (χ0v) is 17.1. The van der Waals surface area contributed by atoms with E-state index >= 15 is 0 Å².